The van der Waals surface area contributed by atoms with E-state index >= 15 is 0 Å². The number of fused-ring (bicyclic) bond motifs is 1. The first-order valence-electron chi connectivity index (χ1n) is 6.91. The molecule has 0 radical (unpaired) electrons. The van der Waals surface area contributed by atoms with Crippen molar-refractivity contribution < 1.29 is 9.53 Å². The molecule has 1 atom stereocenters. The van der Waals surface area contributed by atoms with E-state index in [0.717, 1.165) is 25.1 Å². The van der Waals surface area contributed by atoms with E-state index in [0.29, 0.717) is 12.1 Å². The number of hydrogen-bond donors (Lipinski definition) is 0. The first-order valence-corrected chi connectivity index (χ1v) is 6.91. The van der Waals surface area contributed by atoms with Crippen LogP contribution < -0.4 is 5.56 Å². The molecule has 5 nitrogen and oxygen atoms in total. The van der Waals surface area contributed by atoms with Gasteiger partial charge in [0.2, 0.25) is 0 Å². The summed E-state index contributed by atoms with van der Waals surface area (Å²) in [7, 11) is 0. The Kier molecular flexibility index (Phi) is 4.02. The molecule has 0 aliphatic carbocycles. The summed E-state index contributed by atoms with van der Waals surface area (Å²) in [4.78, 5) is 29.0. The van der Waals surface area contributed by atoms with Crippen LogP contribution in [0.5, 0.6) is 0 Å². The molecule has 104 valence electrons. The number of aryl methyl sites for hydroxylation is 2. The molecule has 0 fully saturated rings. The minimum Gasteiger partial charge on any atom is -0.462 e. The zero-order valence-corrected chi connectivity index (χ0v) is 11.7. The van der Waals surface area contributed by atoms with Crippen molar-refractivity contribution in [3.8, 4) is 0 Å². The predicted octanol–water partition coefficient (Wildman–Crippen LogP) is 1.88. The molecule has 0 bridgehead atoms. The lowest BCUT2D eigenvalue weighted by atomic mass is 10.0. The van der Waals surface area contributed by atoms with Crippen molar-refractivity contribution in [3.63, 3.8) is 0 Å². The molecule has 1 aromatic heterocycles. The summed E-state index contributed by atoms with van der Waals surface area (Å²) in [5.41, 5.74) is 0.429. The summed E-state index contributed by atoms with van der Waals surface area (Å²) in [5.74, 6) is 0.249. The van der Waals surface area contributed by atoms with Crippen LogP contribution in [0.1, 0.15) is 61.5 Å². The largest absolute Gasteiger partial charge is 0.462 e. The Morgan fingerprint density at radius 2 is 2.21 bits per heavy atom. The van der Waals surface area contributed by atoms with Gasteiger partial charge >= 0.3 is 5.97 Å². The molecule has 5 heteroatoms. The Morgan fingerprint density at radius 3 is 2.84 bits per heavy atom. The SMILES string of the molecule is CCOC(=O)c1c(CC)nc2n(c1=O)C(C)CCC2. The lowest BCUT2D eigenvalue weighted by molar-refractivity contribution is 0.0521. The number of aromatic nitrogens is 2. The number of ether oxygens (including phenoxy) is 1. The molecule has 19 heavy (non-hydrogen) atoms. The summed E-state index contributed by atoms with van der Waals surface area (Å²) in [6, 6.07) is 0.0998. The number of esters is 1. The molecular formula is C14H20N2O3. The third-order valence-corrected chi connectivity index (χ3v) is 3.54. The first-order chi connectivity index (χ1) is 9.10. The summed E-state index contributed by atoms with van der Waals surface area (Å²) < 4.78 is 6.65. The van der Waals surface area contributed by atoms with E-state index in [1.165, 1.54) is 0 Å². The van der Waals surface area contributed by atoms with Crippen molar-refractivity contribution in [2.45, 2.75) is 52.5 Å². The van der Waals surface area contributed by atoms with E-state index in [1.54, 1.807) is 11.5 Å². The number of carbonyl (C=O) groups excluding carboxylic acids is 1. The van der Waals surface area contributed by atoms with E-state index in [-0.39, 0.29) is 23.8 Å². The zero-order chi connectivity index (χ0) is 14.0. The topological polar surface area (TPSA) is 61.2 Å². The van der Waals surface area contributed by atoms with E-state index in [9.17, 15) is 9.59 Å². The van der Waals surface area contributed by atoms with Gasteiger partial charge in [-0.2, -0.15) is 0 Å². The molecule has 1 aromatic rings. The molecule has 0 spiro atoms. The van der Waals surface area contributed by atoms with Gasteiger partial charge < -0.3 is 4.74 Å². The van der Waals surface area contributed by atoms with Crippen molar-refractivity contribution >= 4 is 5.97 Å². The van der Waals surface area contributed by atoms with Crippen LogP contribution in [-0.4, -0.2) is 22.1 Å². The van der Waals surface area contributed by atoms with Gasteiger partial charge in [0.05, 0.1) is 12.3 Å². The number of rotatable bonds is 3. The van der Waals surface area contributed by atoms with Gasteiger partial charge in [-0.1, -0.05) is 6.92 Å². The van der Waals surface area contributed by atoms with Crippen LogP contribution in [0.25, 0.3) is 0 Å². The third-order valence-electron chi connectivity index (χ3n) is 3.54. The second-order valence-corrected chi connectivity index (χ2v) is 4.84. The normalized spacial score (nSPS) is 17.9. The van der Waals surface area contributed by atoms with E-state index < -0.39 is 5.97 Å². The quantitative estimate of drug-likeness (QED) is 0.782. The standard InChI is InChI=1S/C14H20N2O3/c1-4-10-12(14(18)19-5-2)13(17)16-9(3)7-6-8-11(16)15-10/h9H,4-8H2,1-3H3. The summed E-state index contributed by atoms with van der Waals surface area (Å²) in [6.45, 7) is 5.88. The maximum Gasteiger partial charge on any atom is 0.345 e. The number of hydrogen-bond acceptors (Lipinski definition) is 4. The second kappa shape index (κ2) is 5.55. The van der Waals surface area contributed by atoms with Crippen LogP contribution in [-0.2, 0) is 17.6 Å². The highest BCUT2D eigenvalue weighted by molar-refractivity contribution is 5.90. The molecule has 0 amide bonds. The average Bonchev–Trinajstić information content (AvgIpc) is 2.38. The molecule has 2 rings (SSSR count). The van der Waals surface area contributed by atoms with Gasteiger partial charge in [-0.15, -0.1) is 0 Å². The van der Waals surface area contributed by atoms with Crippen LogP contribution in [0.4, 0.5) is 0 Å². The zero-order valence-electron chi connectivity index (χ0n) is 11.7. The van der Waals surface area contributed by atoms with Gasteiger partial charge in [-0.05, 0) is 33.1 Å². The smallest absolute Gasteiger partial charge is 0.345 e. The van der Waals surface area contributed by atoms with Crippen molar-refractivity contribution in [3.05, 3.63) is 27.4 Å². The Labute approximate surface area is 112 Å². The molecule has 0 aromatic carbocycles. The van der Waals surface area contributed by atoms with Gasteiger partial charge in [0.25, 0.3) is 5.56 Å². The van der Waals surface area contributed by atoms with Gasteiger partial charge in [-0.3, -0.25) is 9.36 Å². The highest BCUT2D eigenvalue weighted by Crippen LogP contribution is 2.22. The second-order valence-electron chi connectivity index (χ2n) is 4.84. The van der Waals surface area contributed by atoms with Crippen molar-refractivity contribution in [2.24, 2.45) is 0 Å². The van der Waals surface area contributed by atoms with Crippen LogP contribution in [0.3, 0.4) is 0 Å². The summed E-state index contributed by atoms with van der Waals surface area (Å²) in [5, 5.41) is 0. The Bertz CT molecular complexity index is 548. The van der Waals surface area contributed by atoms with Crippen LogP contribution >= 0.6 is 0 Å². The van der Waals surface area contributed by atoms with Crippen LogP contribution in [0.15, 0.2) is 4.79 Å². The Balaban J connectivity index is 2.62. The van der Waals surface area contributed by atoms with Crippen molar-refractivity contribution in [1.29, 1.82) is 0 Å². The van der Waals surface area contributed by atoms with Gasteiger partial charge in [0, 0.05) is 12.5 Å². The molecule has 0 saturated heterocycles. The minimum absolute atomic E-state index is 0.0998. The van der Waals surface area contributed by atoms with Crippen molar-refractivity contribution in [2.75, 3.05) is 6.61 Å². The Hall–Kier alpha value is -1.65. The third kappa shape index (κ3) is 2.41. The molecule has 2 heterocycles. The van der Waals surface area contributed by atoms with E-state index in [1.807, 2.05) is 13.8 Å². The van der Waals surface area contributed by atoms with E-state index in [4.69, 9.17) is 4.74 Å². The fraction of sp³-hybridized carbons (Fsp3) is 0.643. The van der Waals surface area contributed by atoms with Crippen LogP contribution in [0, 0.1) is 0 Å². The van der Waals surface area contributed by atoms with Gasteiger partial charge in [0.1, 0.15) is 11.4 Å². The summed E-state index contributed by atoms with van der Waals surface area (Å²) in [6.07, 6.45) is 3.35. The fourth-order valence-corrected chi connectivity index (χ4v) is 2.61. The van der Waals surface area contributed by atoms with E-state index in [2.05, 4.69) is 4.98 Å². The molecule has 0 N–H and O–H groups in total. The molecular weight excluding hydrogens is 244 g/mol. The molecule has 0 saturated carbocycles. The van der Waals surface area contributed by atoms with Crippen LogP contribution in [0.2, 0.25) is 0 Å². The lowest BCUT2D eigenvalue weighted by Crippen LogP contribution is -2.36. The average molecular weight is 264 g/mol. The highest BCUT2D eigenvalue weighted by atomic mass is 16.5. The first kappa shape index (κ1) is 13.8. The van der Waals surface area contributed by atoms with Gasteiger partial charge in [0.15, 0.2) is 0 Å². The highest BCUT2D eigenvalue weighted by Gasteiger charge is 2.26. The minimum atomic E-state index is -0.551. The molecule has 1 aliphatic rings. The number of carbonyl (C=O) groups is 1. The monoisotopic (exact) mass is 264 g/mol. The molecule has 1 unspecified atom stereocenters. The Morgan fingerprint density at radius 1 is 1.47 bits per heavy atom. The predicted molar refractivity (Wildman–Crippen MR) is 71.5 cm³/mol. The van der Waals surface area contributed by atoms with Crippen molar-refractivity contribution in [1.82, 2.24) is 9.55 Å². The lowest BCUT2D eigenvalue weighted by Gasteiger charge is -2.25. The summed E-state index contributed by atoms with van der Waals surface area (Å²) >= 11 is 0. The molecule has 1 aliphatic heterocycles. The van der Waals surface area contributed by atoms with Gasteiger partial charge in [-0.25, -0.2) is 9.78 Å². The maximum absolute atomic E-state index is 12.5. The number of nitrogens with zero attached hydrogens (tertiary/aromatic N) is 2. The maximum atomic E-state index is 12.5. The fourth-order valence-electron chi connectivity index (χ4n) is 2.61.